The molecule has 0 aliphatic carbocycles. The normalized spacial score (nSPS) is 17.1. The maximum atomic E-state index is 13.1. The largest absolute Gasteiger partial charge is 0.436 e. The molecule has 2 aliphatic rings. The molecule has 0 atom stereocenters. The van der Waals surface area contributed by atoms with Crippen molar-refractivity contribution in [3.05, 3.63) is 70.2 Å². The van der Waals surface area contributed by atoms with Crippen molar-refractivity contribution in [1.29, 1.82) is 0 Å². The number of nitrogens with zero attached hydrogens (tertiary/aromatic N) is 5. The summed E-state index contributed by atoms with van der Waals surface area (Å²) in [7, 11) is 0. The molecule has 0 N–H and O–H groups in total. The van der Waals surface area contributed by atoms with E-state index >= 15 is 0 Å². The summed E-state index contributed by atoms with van der Waals surface area (Å²) in [6.07, 6.45) is -2.78. The van der Waals surface area contributed by atoms with E-state index < -0.39 is 11.7 Å². The number of alkyl halides is 3. The average Bonchev–Trinajstić information content (AvgIpc) is 3.57. The summed E-state index contributed by atoms with van der Waals surface area (Å²) in [5.41, 5.74) is 1.04. The summed E-state index contributed by atoms with van der Waals surface area (Å²) < 4.78 is 44.3. The van der Waals surface area contributed by atoms with Gasteiger partial charge in [-0.25, -0.2) is 9.97 Å². The number of thiazole rings is 1. The molecule has 0 unspecified atom stereocenters. The molecule has 0 bridgehead atoms. The molecule has 2 aliphatic heterocycles. The van der Waals surface area contributed by atoms with Gasteiger partial charge in [-0.1, -0.05) is 0 Å². The fraction of sp³-hybridized carbons (Fsp3) is 0.308. The minimum absolute atomic E-state index is 0.0330. The highest BCUT2D eigenvalue weighted by Gasteiger charge is 2.37. The number of hydrogen-bond donors (Lipinski definition) is 0. The van der Waals surface area contributed by atoms with Crippen LogP contribution >= 0.6 is 11.3 Å². The van der Waals surface area contributed by atoms with Crippen molar-refractivity contribution in [1.82, 2.24) is 24.7 Å². The summed E-state index contributed by atoms with van der Waals surface area (Å²) in [6.45, 7) is 3.97. The molecule has 12 heteroatoms. The average molecular weight is 542 g/mol. The van der Waals surface area contributed by atoms with Crippen molar-refractivity contribution in [3.63, 3.8) is 0 Å². The highest BCUT2D eigenvalue weighted by atomic mass is 32.1. The predicted octanol–water partition coefficient (Wildman–Crippen LogP) is 4.25. The number of fused-ring (bicyclic) bond motifs is 1. The number of rotatable bonds is 4. The molecule has 8 nitrogen and oxygen atoms in total. The molecule has 6 rings (SSSR count). The third-order valence-electron chi connectivity index (χ3n) is 6.98. The molecule has 2 saturated heterocycles. The predicted molar refractivity (Wildman–Crippen MR) is 134 cm³/mol. The van der Waals surface area contributed by atoms with E-state index in [9.17, 15) is 22.8 Å². The minimum atomic E-state index is -4.42. The van der Waals surface area contributed by atoms with E-state index in [2.05, 4.69) is 14.9 Å². The fourth-order valence-electron chi connectivity index (χ4n) is 4.77. The first-order valence-electron chi connectivity index (χ1n) is 12.1. The quantitative estimate of drug-likeness (QED) is 0.384. The van der Waals surface area contributed by atoms with Gasteiger partial charge in [-0.05, 0) is 42.5 Å². The summed E-state index contributed by atoms with van der Waals surface area (Å²) in [4.78, 5) is 39.9. The van der Waals surface area contributed by atoms with Crippen LogP contribution in [-0.4, -0.2) is 81.8 Å². The number of hydrogen-bond acceptors (Lipinski definition) is 7. The van der Waals surface area contributed by atoms with Crippen molar-refractivity contribution in [3.8, 4) is 11.5 Å². The molecular weight excluding hydrogens is 519 g/mol. The second-order valence-corrected chi connectivity index (χ2v) is 10.2. The van der Waals surface area contributed by atoms with Crippen LogP contribution in [0.1, 0.15) is 25.7 Å². The Morgan fingerprint density at radius 1 is 0.947 bits per heavy atom. The van der Waals surface area contributed by atoms with Gasteiger partial charge >= 0.3 is 6.18 Å². The highest BCUT2D eigenvalue weighted by Crippen LogP contribution is 2.32. The lowest BCUT2D eigenvalue weighted by atomic mass is 10.0. The van der Waals surface area contributed by atoms with Crippen molar-refractivity contribution in [2.24, 2.45) is 0 Å². The Kier molecular flexibility index (Phi) is 6.15. The van der Waals surface area contributed by atoms with Crippen LogP contribution in [0, 0.1) is 0 Å². The van der Waals surface area contributed by atoms with Gasteiger partial charge in [0.1, 0.15) is 5.52 Å². The molecule has 2 aromatic carbocycles. The van der Waals surface area contributed by atoms with Crippen LogP contribution in [0.25, 0.3) is 22.6 Å². The van der Waals surface area contributed by atoms with Gasteiger partial charge in [-0.15, -0.1) is 11.3 Å². The molecule has 2 amide bonds. The number of oxazole rings is 1. The van der Waals surface area contributed by atoms with Crippen LogP contribution in [-0.2, 0) is 6.18 Å². The topological polar surface area (TPSA) is 82.8 Å². The van der Waals surface area contributed by atoms with Gasteiger partial charge in [0.05, 0.1) is 5.56 Å². The number of benzene rings is 2. The molecule has 0 saturated carbocycles. The Morgan fingerprint density at radius 2 is 1.68 bits per heavy atom. The monoisotopic (exact) mass is 541 g/mol. The Morgan fingerprint density at radius 3 is 2.34 bits per heavy atom. The van der Waals surface area contributed by atoms with Crippen LogP contribution in [0.2, 0.25) is 0 Å². The first kappa shape index (κ1) is 24.6. The maximum Gasteiger partial charge on any atom is 0.416 e. The minimum Gasteiger partial charge on any atom is -0.436 e. The van der Waals surface area contributed by atoms with E-state index in [1.807, 2.05) is 4.90 Å². The Bertz CT molecular complexity index is 1470. The van der Waals surface area contributed by atoms with Crippen LogP contribution < -0.4 is 0 Å². The van der Waals surface area contributed by atoms with Gasteiger partial charge < -0.3 is 14.2 Å². The van der Waals surface area contributed by atoms with Gasteiger partial charge in [0.25, 0.3) is 11.8 Å². The van der Waals surface area contributed by atoms with Crippen molar-refractivity contribution < 1.29 is 27.2 Å². The summed E-state index contributed by atoms with van der Waals surface area (Å²) in [5, 5.41) is 2.30. The lowest BCUT2D eigenvalue weighted by molar-refractivity contribution is -0.137. The fourth-order valence-corrected chi connectivity index (χ4v) is 5.37. The molecule has 196 valence electrons. The molecule has 4 heterocycles. The van der Waals surface area contributed by atoms with E-state index in [-0.39, 0.29) is 23.7 Å². The maximum absolute atomic E-state index is 13.1. The summed E-state index contributed by atoms with van der Waals surface area (Å²) >= 11 is 1.34. The van der Waals surface area contributed by atoms with Gasteiger partial charge in [0.15, 0.2) is 10.6 Å². The lowest BCUT2D eigenvalue weighted by Crippen LogP contribution is -2.64. The second kappa shape index (κ2) is 9.52. The van der Waals surface area contributed by atoms with Crippen LogP contribution in [0.3, 0.4) is 0 Å². The Labute approximate surface area is 219 Å². The first-order chi connectivity index (χ1) is 18.3. The summed E-state index contributed by atoms with van der Waals surface area (Å²) in [6, 6.07) is 9.82. The van der Waals surface area contributed by atoms with Gasteiger partial charge in [-0.2, -0.15) is 13.2 Å². The van der Waals surface area contributed by atoms with E-state index in [1.54, 1.807) is 34.7 Å². The van der Waals surface area contributed by atoms with E-state index in [4.69, 9.17) is 4.42 Å². The molecule has 0 spiro atoms. The number of likely N-dealkylation sites (tertiary alicyclic amines) is 1. The van der Waals surface area contributed by atoms with Crippen molar-refractivity contribution in [2.75, 3.05) is 39.3 Å². The SMILES string of the molecule is O=C(c1ccc2nc(-c3ccc(C(F)(F)F)cc3)oc2c1)N1CC(N2CCN(C(=O)c3nccs3)CC2)C1. The number of aromatic nitrogens is 2. The number of carbonyl (C=O) groups is 2. The van der Waals surface area contributed by atoms with Crippen LogP contribution in [0.4, 0.5) is 13.2 Å². The number of carbonyl (C=O) groups excluding carboxylic acids is 2. The van der Waals surface area contributed by atoms with Gasteiger partial charge in [-0.3, -0.25) is 14.5 Å². The first-order valence-corrected chi connectivity index (χ1v) is 12.9. The second-order valence-electron chi connectivity index (χ2n) is 9.31. The molecule has 4 aromatic rings. The molecule has 2 aromatic heterocycles. The van der Waals surface area contributed by atoms with E-state index in [1.165, 1.54) is 23.5 Å². The zero-order valence-corrected chi connectivity index (χ0v) is 20.8. The van der Waals surface area contributed by atoms with Crippen molar-refractivity contribution >= 4 is 34.3 Å². The number of piperazine rings is 1. The van der Waals surface area contributed by atoms with Gasteiger partial charge in [0, 0.05) is 68.0 Å². The summed E-state index contributed by atoms with van der Waals surface area (Å²) in [5.74, 6) is 0.0392. The lowest BCUT2D eigenvalue weighted by Gasteiger charge is -2.48. The van der Waals surface area contributed by atoms with E-state index in [0.717, 1.165) is 25.2 Å². The van der Waals surface area contributed by atoms with Gasteiger partial charge in [0.2, 0.25) is 5.89 Å². The zero-order valence-electron chi connectivity index (χ0n) is 20.0. The third kappa shape index (κ3) is 4.65. The highest BCUT2D eigenvalue weighted by molar-refractivity contribution is 7.11. The van der Waals surface area contributed by atoms with Crippen LogP contribution in [0.5, 0.6) is 0 Å². The van der Waals surface area contributed by atoms with E-state index in [0.29, 0.717) is 53.4 Å². The smallest absolute Gasteiger partial charge is 0.416 e. The number of amides is 2. The Balaban J connectivity index is 1.06. The molecule has 38 heavy (non-hydrogen) atoms. The zero-order chi connectivity index (χ0) is 26.4. The molecule has 0 radical (unpaired) electrons. The molecule has 2 fully saturated rings. The number of halogens is 3. The van der Waals surface area contributed by atoms with Crippen LogP contribution in [0.15, 0.2) is 58.5 Å². The Hall–Kier alpha value is -3.77. The standard InChI is InChI=1S/C26H22F3N5O3S/c27-26(28,29)18-4-1-16(2-5-18)22-31-20-6-3-17(13-21(20)37-22)24(35)34-14-19(15-34)32-8-10-33(11-9-32)25(36)23-30-7-12-38-23/h1-7,12-13,19H,8-11,14-15H2. The third-order valence-corrected chi connectivity index (χ3v) is 7.74. The van der Waals surface area contributed by atoms with Crippen molar-refractivity contribution in [2.45, 2.75) is 12.2 Å². The molecular formula is C26H22F3N5O3S.